The van der Waals surface area contributed by atoms with Gasteiger partial charge in [0.05, 0.1) is 4.47 Å². The van der Waals surface area contributed by atoms with Gasteiger partial charge in [-0.15, -0.1) is 0 Å². The Hall–Kier alpha value is -0.450. The maximum atomic E-state index is 13.3. The molecule has 102 valence electrons. The summed E-state index contributed by atoms with van der Waals surface area (Å²) in [5.41, 5.74) is 0.980. The predicted molar refractivity (Wildman–Crippen MR) is 78.2 cm³/mol. The van der Waals surface area contributed by atoms with Gasteiger partial charge in [0.15, 0.2) is 0 Å². The molecule has 0 fully saturated rings. The minimum absolute atomic E-state index is 0.200. The number of nitrogens with zero attached hydrogens (tertiary/aromatic N) is 1. The molecule has 0 amide bonds. The summed E-state index contributed by atoms with van der Waals surface area (Å²) in [6.07, 6.45) is 1.10. The fourth-order valence-corrected chi connectivity index (χ4v) is 1.84. The van der Waals surface area contributed by atoms with Gasteiger partial charge in [-0.05, 0) is 74.0 Å². The molecule has 18 heavy (non-hydrogen) atoms. The number of nitrogens with one attached hydrogen (secondary N) is 1. The molecule has 0 radical (unpaired) electrons. The van der Waals surface area contributed by atoms with E-state index >= 15 is 0 Å². The summed E-state index contributed by atoms with van der Waals surface area (Å²) in [5, 5.41) is 3.33. The van der Waals surface area contributed by atoms with Gasteiger partial charge in [0, 0.05) is 12.6 Å². The zero-order valence-corrected chi connectivity index (χ0v) is 12.9. The Labute approximate surface area is 118 Å². The molecule has 0 aliphatic carbocycles. The fourth-order valence-electron chi connectivity index (χ4n) is 1.59. The van der Waals surface area contributed by atoms with E-state index in [0.29, 0.717) is 10.5 Å². The predicted octanol–water partition coefficient (Wildman–Crippen LogP) is 3.41. The minimum atomic E-state index is -0.200. The Morgan fingerprint density at radius 2 is 2.11 bits per heavy atom. The van der Waals surface area contributed by atoms with Gasteiger partial charge in [-0.3, -0.25) is 0 Å². The minimum Gasteiger partial charge on any atom is -0.313 e. The second kappa shape index (κ2) is 7.87. The maximum absolute atomic E-state index is 13.3. The Morgan fingerprint density at radius 3 is 2.72 bits per heavy atom. The number of hydrogen-bond donors (Lipinski definition) is 1. The van der Waals surface area contributed by atoms with E-state index < -0.39 is 0 Å². The van der Waals surface area contributed by atoms with Gasteiger partial charge < -0.3 is 10.2 Å². The number of benzene rings is 1. The number of hydrogen-bond acceptors (Lipinski definition) is 2. The second-order valence-corrected chi connectivity index (χ2v) is 5.71. The van der Waals surface area contributed by atoms with E-state index in [1.165, 1.54) is 0 Å². The molecule has 0 saturated heterocycles. The van der Waals surface area contributed by atoms with Crippen LogP contribution in [0.25, 0.3) is 0 Å². The average Bonchev–Trinajstić information content (AvgIpc) is 2.32. The van der Waals surface area contributed by atoms with Gasteiger partial charge >= 0.3 is 0 Å². The summed E-state index contributed by atoms with van der Waals surface area (Å²) in [6.45, 7) is 7.14. The van der Waals surface area contributed by atoms with Crippen LogP contribution in [0.3, 0.4) is 0 Å². The third kappa shape index (κ3) is 5.46. The molecule has 1 aromatic carbocycles. The fraction of sp³-hybridized carbons (Fsp3) is 0.571. The molecule has 0 unspecified atom stereocenters. The lowest BCUT2D eigenvalue weighted by atomic mass is 10.2. The summed E-state index contributed by atoms with van der Waals surface area (Å²) in [7, 11) is 2.13. The summed E-state index contributed by atoms with van der Waals surface area (Å²) < 4.78 is 13.8. The molecular formula is C14H22BrFN2. The highest BCUT2D eigenvalue weighted by molar-refractivity contribution is 9.10. The van der Waals surface area contributed by atoms with Crippen LogP contribution in [-0.4, -0.2) is 31.1 Å². The van der Waals surface area contributed by atoms with Gasteiger partial charge in [-0.25, -0.2) is 4.39 Å². The summed E-state index contributed by atoms with van der Waals surface area (Å²) >= 11 is 3.15. The highest BCUT2D eigenvalue weighted by Gasteiger charge is 2.02. The highest BCUT2D eigenvalue weighted by atomic mass is 79.9. The van der Waals surface area contributed by atoms with Crippen molar-refractivity contribution in [1.82, 2.24) is 10.2 Å². The molecular weight excluding hydrogens is 295 g/mol. The standard InChI is InChI=1S/C14H22BrFN2/c1-11(2)18(3)8-4-7-17-10-12-5-6-13(15)14(16)9-12/h5-6,9,11,17H,4,7-8,10H2,1-3H3. The van der Waals surface area contributed by atoms with E-state index in [2.05, 4.69) is 47.0 Å². The molecule has 1 aromatic rings. The van der Waals surface area contributed by atoms with Crippen LogP contribution >= 0.6 is 15.9 Å². The second-order valence-electron chi connectivity index (χ2n) is 4.85. The first kappa shape index (κ1) is 15.6. The van der Waals surface area contributed by atoms with Crippen LogP contribution in [0.2, 0.25) is 0 Å². The largest absolute Gasteiger partial charge is 0.313 e. The molecule has 2 nitrogen and oxygen atoms in total. The van der Waals surface area contributed by atoms with E-state index in [-0.39, 0.29) is 5.82 Å². The Morgan fingerprint density at radius 1 is 1.39 bits per heavy atom. The molecule has 4 heteroatoms. The maximum Gasteiger partial charge on any atom is 0.137 e. The molecule has 0 spiro atoms. The molecule has 0 aliphatic heterocycles. The van der Waals surface area contributed by atoms with Crippen LogP contribution in [0.15, 0.2) is 22.7 Å². The van der Waals surface area contributed by atoms with Crippen LogP contribution in [0.1, 0.15) is 25.8 Å². The lowest BCUT2D eigenvalue weighted by Gasteiger charge is -2.20. The first-order chi connectivity index (χ1) is 8.50. The van der Waals surface area contributed by atoms with Crippen LogP contribution in [0, 0.1) is 5.82 Å². The van der Waals surface area contributed by atoms with Crippen molar-refractivity contribution in [3.63, 3.8) is 0 Å². The van der Waals surface area contributed by atoms with Crippen molar-refractivity contribution in [2.75, 3.05) is 20.1 Å². The van der Waals surface area contributed by atoms with Gasteiger partial charge in [-0.2, -0.15) is 0 Å². The van der Waals surface area contributed by atoms with Crippen molar-refractivity contribution in [3.8, 4) is 0 Å². The van der Waals surface area contributed by atoms with Crippen molar-refractivity contribution >= 4 is 15.9 Å². The highest BCUT2D eigenvalue weighted by Crippen LogP contribution is 2.16. The van der Waals surface area contributed by atoms with Gasteiger partial charge in [-0.1, -0.05) is 6.07 Å². The summed E-state index contributed by atoms with van der Waals surface area (Å²) in [6, 6.07) is 5.84. The topological polar surface area (TPSA) is 15.3 Å². The Balaban J connectivity index is 2.20. The normalized spacial score (nSPS) is 11.5. The lowest BCUT2D eigenvalue weighted by molar-refractivity contribution is 0.269. The van der Waals surface area contributed by atoms with Crippen molar-refractivity contribution in [2.45, 2.75) is 32.9 Å². The molecule has 0 atom stereocenters. The third-order valence-electron chi connectivity index (χ3n) is 3.06. The zero-order valence-electron chi connectivity index (χ0n) is 11.3. The van der Waals surface area contributed by atoms with Crippen LogP contribution in [-0.2, 0) is 6.54 Å². The van der Waals surface area contributed by atoms with E-state index in [0.717, 1.165) is 31.6 Å². The average molecular weight is 317 g/mol. The molecule has 1 N–H and O–H groups in total. The molecule has 1 rings (SSSR count). The zero-order chi connectivity index (χ0) is 13.5. The van der Waals surface area contributed by atoms with Crippen LogP contribution < -0.4 is 5.32 Å². The first-order valence-corrected chi connectivity index (χ1v) is 7.15. The third-order valence-corrected chi connectivity index (χ3v) is 3.70. The SMILES string of the molecule is CC(C)N(C)CCCNCc1ccc(Br)c(F)c1. The van der Waals surface area contributed by atoms with Crippen molar-refractivity contribution in [3.05, 3.63) is 34.1 Å². The van der Waals surface area contributed by atoms with E-state index in [1.807, 2.05) is 6.07 Å². The van der Waals surface area contributed by atoms with E-state index in [9.17, 15) is 4.39 Å². The lowest BCUT2D eigenvalue weighted by Crippen LogP contribution is -2.29. The monoisotopic (exact) mass is 316 g/mol. The Bertz CT molecular complexity index is 369. The van der Waals surface area contributed by atoms with E-state index in [1.54, 1.807) is 12.1 Å². The quantitative estimate of drug-likeness (QED) is 0.775. The molecule has 0 bridgehead atoms. The van der Waals surface area contributed by atoms with Crippen molar-refractivity contribution in [2.24, 2.45) is 0 Å². The first-order valence-electron chi connectivity index (χ1n) is 6.35. The molecule has 0 aromatic heterocycles. The van der Waals surface area contributed by atoms with Gasteiger partial charge in [0.25, 0.3) is 0 Å². The van der Waals surface area contributed by atoms with Gasteiger partial charge in [0.2, 0.25) is 0 Å². The van der Waals surface area contributed by atoms with E-state index in [4.69, 9.17) is 0 Å². The molecule has 0 saturated carbocycles. The van der Waals surface area contributed by atoms with Gasteiger partial charge in [0.1, 0.15) is 5.82 Å². The Kier molecular flexibility index (Phi) is 6.82. The van der Waals surface area contributed by atoms with Crippen LogP contribution in [0.5, 0.6) is 0 Å². The van der Waals surface area contributed by atoms with Crippen molar-refractivity contribution < 1.29 is 4.39 Å². The van der Waals surface area contributed by atoms with Crippen LogP contribution in [0.4, 0.5) is 4.39 Å². The molecule has 0 heterocycles. The number of rotatable bonds is 7. The summed E-state index contributed by atoms with van der Waals surface area (Å²) in [5.74, 6) is -0.200. The molecule has 0 aliphatic rings. The van der Waals surface area contributed by atoms with Crippen molar-refractivity contribution in [1.29, 1.82) is 0 Å². The number of halogens is 2. The summed E-state index contributed by atoms with van der Waals surface area (Å²) in [4.78, 5) is 2.32. The smallest absolute Gasteiger partial charge is 0.137 e.